The first-order chi connectivity index (χ1) is 9.63. The second-order valence-electron chi connectivity index (χ2n) is 5.53. The number of benzene rings is 1. The van der Waals surface area contributed by atoms with Crippen LogP contribution in [0.3, 0.4) is 0 Å². The van der Waals surface area contributed by atoms with Crippen LogP contribution in [0.25, 0.3) is 0 Å². The Morgan fingerprint density at radius 3 is 2.65 bits per heavy atom. The third-order valence-electron chi connectivity index (χ3n) is 4.22. The van der Waals surface area contributed by atoms with Crippen LogP contribution in [0.15, 0.2) is 18.2 Å². The summed E-state index contributed by atoms with van der Waals surface area (Å²) in [6.07, 6.45) is 3.95. The summed E-state index contributed by atoms with van der Waals surface area (Å²) in [6.45, 7) is 5.65. The minimum atomic E-state index is 0.386. The highest BCUT2D eigenvalue weighted by Gasteiger charge is 2.18. The van der Waals surface area contributed by atoms with E-state index in [1.807, 2.05) is 6.07 Å². The van der Waals surface area contributed by atoms with Gasteiger partial charge in [0.15, 0.2) is 0 Å². The highest BCUT2D eigenvalue weighted by Crippen LogP contribution is 2.24. The van der Waals surface area contributed by atoms with Crippen molar-refractivity contribution >= 4 is 17.2 Å². The molecule has 0 amide bonds. The van der Waals surface area contributed by atoms with Crippen LogP contribution in [0.2, 0.25) is 0 Å². The second-order valence-corrected chi connectivity index (χ2v) is 5.97. The largest absolute Gasteiger partial charge is 0.496 e. The molecule has 0 bridgehead atoms. The minimum Gasteiger partial charge on any atom is -0.496 e. The third kappa shape index (κ3) is 3.70. The smallest absolute Gasteiger partial charge is 0.129 e. The Balaban J connectivity index is 2.01. The Morgan fingerprint density at radius 2 is 2.10 bits per heavy atom. The molecule has 0 aliphatic carbocycles. The van der Waals surface area contributed by atoms with Gasteiger partial charge in [0.05, 0.1) is 12.7 Å². The maximum absolute atomic E-state index is 5.70. The van der Waals surface area contributed by atoms with E-state index in [9.17, 15) is 0 Å². The number of nitrogens with zero attached hydrogens (tertiary/aromatic N) is 1. The number of thiocarbonyl (C=S) groups is 1. The Bertz CT molecular complexity index is 468. The van der Waals surface area contributed by atoms with Crippen LogP contribution >= 0.6 is 12.2 Å². The molecule has 110 valence electrons. The number of likely N-dealkylation sites (tertiary alicyclic amines) is 1. The number of hydrogen-bond donors (Lipinski definition) is 1. The molecule has 1 aromatic rings. The van der Waals surface area contributed by atoms with E-state index in [2.05, 4.69) is 24.0 Å². The number of methoxy groups -OCH3 is 1. The van der Waals surface area contributed by atoms with E-state index >= 15 is 0 Å². The van der Waals surface area contributed by atoms with E-state index in [0.717, 1.165) is 23.8 Å². The molecule has 3 nitrogen and oxygen atoms in total. The Hall–Kier alpha value is -1.13. The summed E-state index contributed by atoms with van der Waals surface area (Å²) in [5.41, 5.74) is 7.77. The maximum Gasteiger partial charge on any atom is 0.129 e. The fourth-order valence-electron chi connectivity index (χ4n) is 2.85. The molecule has 1 saturated heterocycles. The number of piperidine rings is 1. The summed E-state index contributed by atoms with van der Waals surface area (Å²) in [5.74, 6) is 1.69. The fraction of sp³-hybridized carbons (Fsp3) is 0.562. The van der Waals surface area contributed by atoms with Gasteiger partial charge in [-0.15, -0.1) is 0 Å². The van der Waals surface area contributed by atoms with E-state index in [4.69, 9.17) is 22.7 Å². The molecule has 0 spiro atoms. The molecule has 1 aliphatic rings. The summed E-state index contributed by atoms with van der Waals surface area (Å²) in [6, 6.07) is 6.12. The van der Waals surface area contributed by atoms with Gasteiger partial charge in [0.2, 0.25) is 0 Å². The highest BCUT2D eigenvalue weighted by molar-refractivity contribution is 7.80. The van der Waals surface area contributed by atoms with Crippen LogP contribution in [0.4, 0.5) is 0 Å². The first kappa shape index (κ1) is 15.3. The molecule has 0 aromatic heterocycles. The van der Waals surface area contributed by atoms with Crippen LogP contribution in [-0.2, 0) is 6.54 Å². The van der Waals surface area contributed by atoms with E-state index in [-0.39, 0.29) is 0 Å². The van der Waals surface area contributed by atoms with Gasteiger partial charge in [-0.25, -0.2) is 0 Å². The molecule has 2 N–H and O–H groups in total. The lowest BCUT2D eigenvalue weighted by Crippen LogP contribution is -2.33. The fourth-order valence-corrected chi connectivity index (χ4v) is 3.02. The summed E-state index contributed by atoms with van der Waals surface area (Å²) in [4.78, 5) is 2.90. The van der Waals surface area contributed by atoms with Gasteiger partial charge in [0.25, 0.3) is 0 Å². The van der Waals surface area contributed by atoms with Crippen molar-refractivity contribution in [3.8, 4) is 5.75 Å². The summed E-state index contributed by atoms with van der Waals surface area (Å²) in [5, 5.41) is 0. The van der Waals surface area contributed by atoms with Gasteiger partial charge in [-0.1, -0.05) is 31.6 Å². The maximum atomic E-state index is 5.70. The lowest BCUT2D eigenvalue weighted by Gasteiger charge is -2.31. The molecule has 2 rings (SSSR count). The molecule has 1 aliphatic heterocycles. The van der Waals surface area contributed by atoms with Gasteiger partial charge in [-0.2, -0.15) is 0 Å². The first-order valence-electron chi connectivity index (χ1n) is 7.33. The van der Waals surface area contributed by atoms with Crippen LogP contribution in [0.5, 0.6) is 5.75 Å². The van der Waals surface area contributed by atoms with Crippen molar-refractivity contribution in [2.75, 3.05) is 20.2 Å². The Labute approximate surface area is 127 Å². The summed E-state index contributed by atoms with van der Waals surface area (Å²) >= 11 is 5.03. The van der Waals surface area contributed by atoms with Gasteiger partial charge >= 0.3 is 0 Å². The zero-order valence-electron chi connectivity index (χ0n) is 12.4. The first-order valence-corrected chi connectivity index (χ1v) is 7.74. The molecule has 20 heavy (non-hydrogen) atoms. The van der Waals surface area contributed by atoms with E-state index in [1.165, 1.54) is 37.9 Å². The van der Waals surface area contributed by atoms with Crippen molar-refractivity contribution in [1.82, 2.24) is 4.90 Å². The van der Waals surface area contributed by atoms with Gasteiger partial charge in [0.1, 0.15) is 10.7 Å². The molecule has 1 fully saturated rings. The molecule has 0 saturated carbocycles. The molecular weight excluding hydrogens is 268 g/mol. The average Bonchev–Trinajstić information content (AvgIpc) is 2.47. The Morgan fingerprint density at radius 1 is 1.40 bits per heavy atom. The molecule has 1 heterocycles. The van der Waals surface area contributed by atoms with Crippen LogP contribution in [0.1, 0.15) is 37.3 Å². The molecule has 0 atom stereocenters. The minimum absolute atomic E-state index is 0.386. The molecular formula is C16H24N2OS. The lowest BCUT2D eigenvalue weighted by atomic mass is 9.94. The second kappa shape index (κ2) is 7.04. The topological polar surface area (TPSA) is 38.5 Å². The van der Waals surface area contributed by atoms with Gasteiger partial charge in [0, 0.05) is 6.54 Å². The average molecular weight is 292 g/mol. The van der Waals surface area contributed by atoms with Crippen molar-refractivity contribution in [1.29, 1.82) is 0 Å². The number of ether oxygens (including phenoxy) is 1. The molecule has 0 radical (unpaired) electrons. The van der Waals surface area contributed by atoms with Gasteiger partial charge in [-0.05, 0) is 49.5 Å². The van der Waals surface area contributed by atoms with Gasteiger partial charge < -0.3 is 10.5 Å². The molecule has 4 heteroatoms. The van der Waals surface area contributed by atoms with Crippen LogP contribution < -0.4 is 10.5 Å². The predicted octanol–water partition coefficient (Wildman–Crippen LogP) is 2.95. The number of hydrogen-bond acceptors (Lipinski definition) is 3. The van der Waals surface area contributed by atoms with Crippen molar-refractivity contribution in [3.05, 3.63) is 29.3 Å². The van der Waals surface area contributed by atoms with E-state index < -0.39 is 0 Å². The van der Waals surface area contributed by atoms with Gasteiger partial charge in [-0.3, -0.25) is 4.90 Å². The van der Waals surface area contributed by atoms with Crippen molar-refractivity contribution in [2.24, 2.45) is 11.7 Å². The number of nitrogens with two attached hydrogens (primary N) is 1. The van der Waals surface area contributed by atoms with Crippen LogP contribution in [0, 0.1) is 5.92 Å². The van der Waals surface area contributed by atoms with E-state index in [1.54, 1.807) is 7.11 Å². The molecule has 0 unspecified atom stereocenters. The Kier molecular flexibility index (Phi) is 5.38. The normalized spacial score (nSPS) is 17.1. The van der Waals surface area contributed by atoms with E-state index in [0.29, 0.717) is 4.99 Å². The lowest BCUT2D eigenvalue weighted by molar-refractivity contribution is 0.175. The predicted molar refractivity (Wildman–Crippen MR) is 87.2 cm³/mol. The van der Waals surface area contributed by atoms with Crippen LogP contribution in [-0.4, -0.2) is 30.1 Å². The summed E-state index contributed by atoms with van der Waals surface area (Å²) < 4.78 is 5.38. The quantitative estimate of drug-likeness (QED) is 0.847. The monoisotopic (exact) mass is 292 g/mol. The molecule has 1 aromatic carbocycles. The number of rotatable bonds is 5. The van der Waals surface area contributed by atoms with Crippen molar-refractivity contribution < 1.29 is 4.74 Å². The standard InChI is InChI=1S/C16H24N2OS/c1-3-12-6-8-18(9-7-12)11-13-4-5-14(16(17)20)15(10-13)19-2/h4-5,10,12H,3,6-9,11H2,1-2H3,(H2,17,20). The zero-order valence-corrected chi connectivity index (χ0v) is 13.2. The SMILES string of the molecule is CCC1CCN(Cc2ccc(C(N)=S)c(OC)c2)CC1. The zero-order chi connectivity index (χ0) is 14.5. The van der Waals surface area contributed by atoms with Crippen molar-refractivity contribution in [3.63, 3.8) is 0 Å². The summed E-state index contributed by atoms with van der Waals surface area (Å²) in [7, 11) is 1.66. The highest BCUT2D eigenvalue weighted by atomic mass is 32.1. The van der Waals surface area contributed by atoms with Crippen molar-refractivity contribution in [2.45, 2.75) is 32.7 Å². The third-order valence-corrected chi connectivity index (χ3v) is 4.44.